The summed E-state index contributed by atoms with van der Waals surface area (Å²) in [4.78, 5) is 4.45. The fourth-order valence-electron chi connectivity index (χ4n) is 1.79. The normalized spacial score (nSPS) is 17.1. The third kappa shape index (κ3) is 1.09. The summed E-state index contributed by atoms with van der Waals surface area (Å²) >= 11 is 0. The van der Waals surface area contributed by atoms with Gasteiger partial charge in [-0.2, -0.15) is 0 Å². The average Bonchev–Trinajstić information content (AvgIpc) is 2.43. The average molecular weight is 188 g/mol. The molecule has 1 aliphatic rings. The molecule has 0 saturated heterocycles. The number of anilines is 1. The number of nitrogens with two attached hydrogens (primary N) is 1. The lowest BCUT2D eigenvalue weighted by molar-refractivity contribution is 0.344. The van der Waals surface area contributed by atoms with Crippen molar-refractivity contribution < 1.29 is 4.42 Å². The summed E-state index contributed by atoms with van der Waals surface area (Å²) < 4.78 is 5.66. The molecule has 1 fully saturated rings. The van der Waals surface area contributed by atoms with Crippen molar-refractivity contribution >= 4 is 16.8 Å². The van der Waals surface area contributed by atoms with E-state index in [2.05, 4.69) is 4.98 Å². The molecule has 2 aromatic rings. The minimum Gasteiger partial charge on any atom is -0.440 e. The first-order chi connectivity index (χ1) is 6.83. The Labute approximate surface area is 81.9 Å². The van der Waals surface area contributed by atoms with Crippen LogP contribution in [0.5, 0.6) is 0 Å². The Balaban J connectivity index is 2.10. The number of nitrogens with zero attached hydrogens (tertiary/aromatic N) is 1. The van der Waals surface area contributed by atoms with Crippen molar-refractivity contribution in [2.75, 3.05) is 5.73 Å². The molecule has 2 N–H and O–H groups in total. The van der Waals surface area contributed by atoms with E-state index in [1.165, 1.54) is 19.3 Å². The maximum atomic E-state index is 5.67. The second-order valence-corrected chi connectivity index (χ2v) is 3.91. The van der Waals surface area contributed by atoms with Gasteiger partial charge in [-0.3, -0.25) is 0 Å². The molecule has 1 heterocycles. The monoisotopic (exact) mass is 188 g/mol. The molecule has 0 amide bonds. The first kappa shape index (κ1) is 7.85. The van der Waals surface area contributed by atoms with Crippen molar-refractivity contribution in [3.05, 3.63) is 24.1 Å². The molecule has 0 spiro atoms. The van der Waals surface area contributed by atoms with Gasteiger partial charge in [0.25, 0.3) is 0 Å². The van der Waals surface area contributed by atoms with Crippen LogP contribution in [0.4, 0.5) is 5.69 Å². The van der Waals surface area contributed by atoms with E-state index in [1.807, 2.05) is 18.2 Å². The Kier molecular flexibility index (Phi) is 1.54. The number of aromatic nitrogens is 1. The summed E-state index contributed by atoms with van der Waals surface area (Å²) in [5, 5.41) is 0. The minimum absolute atomic E-state index is 0.545. The quantitative estimate of drug-likeness (QED) is 0.700. The fourth-order valence-corrected chi connectivity index (χ4v) is 1.79. The summed E-state index contributed by atoms with van der Waals surface area (Å²) in [6.07, 6.45) is 3.72. The van der Waals surface area contributed by atoms with Gasteiger partial charge in [-0.25, -0.2) is 4.98 Å². The van der Waals surface area contributed by atoms with Gasteiger partial charge in [0.1, 0.15) is 5.52 Å². The molecule has 0 bridgehead atoms. The number of rotatable bonds is 1. The molecule has 1 aromatic carbocycles. The smallest absolute Gasteiger partial charge is 0.198 e. The number of fused-ring (bicyclic) bond motifs is 1. The standard InChI is InChI=1S/C11H12N2O/c12-8-4-5-9-10(6-8)14-11(13-9)7-2-1-3-7/h4-7H,1-3,12H2. The van der Waals surface area contributed by atoms with Crippen molar-refractivity contribution in [3.63, 3.8) is 0 Å². The zero-order valence-corrected chi connectivity index (χ0v) is 7.86. The summed E-state index contributed by atoms with van der Waals surface area (Å²) in [7, 11) is 0. The molecule has 72 valence electrons. The van der Waals surface area contributed by atoms with Crippen LogP contribution in [0.3, 0.4) is 0 Å². The van der Waals surface area contributed by atoms with Crippen LogP contribution in [-0.2, 0) is 0 Å². The molecule has 1 aliphatic carbocycles. The van der Waals surface area contributed by atoms with Crippen molar-refractivity contribution in [1.82, 2.24) is 4.98 Å². The van der Waals surface area contributed by atoms with Crippen LogP contribution in [0, 0.1) is 0 Å². The second-order valence-electron chi connectivity index (χ2n) is 3.91. The molecule has 0 radical (unpaired) electrons. The highest BCUT2D eigenvalue weighted by Gasteiger charge is 2.24. The molecule has 0 unspecified atom stereocenters. The highest BCUT2D eigenvalue weighted by Crippen LogP contribution is 2.37. The predicted octanol–water partition coefficient (Wildman–Crippen LogP) is 2.68. The van der Waals surface area contributed by atoms with Crippen LogP contribution in [0.1, 0.15) is 31.1 Å². The summed E-state index contributed by atoms with van der Waals surface area (Å²) in [6.45, 7) is 0. The highest BCUT2D eigenvalue weighted by molar-refractivity contribution is 5.76. The Morgan fingerprint density at radius 1 is 1.36 bits per heavy atom. The molecule has 0 aliphatic heterocycles. The summed E-state index contributed by atoms with van der Waals surface area (Å²) in [5.41, 5.74) is 8.13. The van der Waals surface area contributed by atoms with Gasteiger partial charge in [0, 0.05) is 17.7 Å². The third-order valence-corrected chi connectivity index (χ3v) is 2.88. The van der Waals surface area contributed by atoms with E-state index in [-0.39, 0.29) is 0 Å². The lowest BCUT2D eigenvalue weighted by Gasteiger charge is -2.21. The molecule has 14 heavy (non-hydrogen) atoms. The van der Waals surface area contributed by atoms with Crippen LogP contribution in [0.2, 0.25) is 0 Å². The number of oxazole rings is 1. The Morgan fingerprint density at radius 2 is 2.21 bits per heavy atom. The van der Waals surface area contributed by atoms with Crippen molar-refractivity contribution in [2.24, 2.45) is 0 Å². The van der Waals surface area contributed by atoms with Crippen molar-refractivity contribution in [3.8, 4) is 0 Å². The summed E-state index contributed by atoms with van der Waals surface area (Å²) in [5.74, 6) is 1.43. The molecule has 1 saturated carbocycles. The van der Waals surface area contributed by atoms with Gasteiger partial charge >= 0.3 is 0 Å². The highest BCUT2D eigenvalue weighted by atomic mass is 16.3. The van der Waals surface area contributed by atoms with Gasteiger partial charge in [-0.15, -0.1) is 0 Å². The Bertz CT molecular complexity index is 471. The summed E-state index contributed by atoms with van der Waals surface area (Å²) in [6, 6.07) is 5.61. The van der Waals surface area contributed by atoms with Crippen molar-refractivity contribution in [2.45, 2.75) is 25.2 Å². The zero-order valence-electron chi connectivity index (χ0n) is 7.86. The number of hydrogen-bond acceptors (Lipinski definition) is 3. The predicted molar refractivity (Wildman–Crippen MR) is 55.0 cm³/mol. The molecule has 3 rings (SSSR count). The van der Waals surface area contributed by atoms with E-state index in [1.54, 1.807) is 0 Å². The van der Waals surface area contributed by atoms with Crippen molar-refractivity contribution in [1.29, 1.82) is 0 Å². The van der Waals surface area contributed by atoms with Crippen LogP contribution in [-0.4, -0.2) is 4.98 Å². The topological polar surface area (TPSA) is 52.0 Å². The van der Waals surface area contributed by atoms with Gasteiger partial charge in [-0.1, -0.05) is 6.42 Å². The minimum atomic E-state index is 0.545. The van der Waals surface area contributed by atoms with E-state index in [0.717, 1.165) is 22.7 Å². The van der Waals surface area contributed by atoms with Gasteiger partial charge < -0.3 is 10.2 Å². The Hall–Kier alpha value is -1.51. The van der Waals surface area contributed by atoms with E-state index in [9.17, 15) is 0 Å². The fraction of sp³-hybridized carbons (Fsp3) is 0.364. The number of hydrogen-bond donors (Lipinski definition) is 1. The third-order valence-electron chi connectivity index (χ3n) is 2.88. The first-order valence-corrected chi connectivity index (χ1v) is 4.99. The lowest BCUT2D eigenvalue weighted by Crippen LogP contribution is -2.08. The van der Waals surface area contributed by atoms with Crippen LogP contribution >= 0.6 is 0 Å². The van der Waals surface area contributed by atoms with E-state index in [0.29, 0.717) is 5.92 Å². The molecule has 1 aromatic heterocycles. The maximum absolute atomic E-state index is 5.67. The van der Waals surface area contributed by atoms with Crippen LogP contribution in [0.15, 0.2) is 22.6 Å². The lowest BCUT2D eigenvalue weighted by atomic mass is 9.85. The van der Waals surface area contributed by atoms with Gasteiger partial charge in [0.05, 0.1) is 0 Å². The van der Waals surface area contributed by atoms with E-state index >= 15 is 0 Å². The number of benzene rings is 1. The van der Waals surface area contributed by atoms with Crippen LogP contribution in [0.25, 0.3) is 11.1 Å². The molecule has 3 heteroatoms. The molecular formula is C11H12N2O. The van der Waals surface area contributed by atoms with Crippen LogP contribution < -0.4 is 5.73 Å². The first-order valence-electron chi connectivity index (χ1n) is 4.99. The van der Waals surface area contributed by atoms with E-state index in [4.69, 9.17) is 10.2 Å². The molecular weight excluding hydrogens is 176 g/mol. The molecule has 3 nitrogen and oxygen atoms in total. The van der Waals surface area contributed by atoms with E-state index < -0.39 is 0 Å². The maximum Gasteiger partial charge on any atom is 0.198 e. The number of nitrogen functional groups attached to an aromatic ring is 1. The van der Waals surface area contributed by atoms with Gasteiger partial charge in [0.15, 0.2) is 11.5 Å². The SMILES string of the molecule is Nc1ccc2nc(C3CCC3)oc2c1. The Morgan fingerprint density at radius 3 is 2.93 bits per heavy atom. The largest absolute Gasteiger partial charge is 0.440 e. The van der Waals surface area contributed by atoms with Gasteiger partial charge in [-0.05, 0) is 25.0 Å². The second kappa shape index (κ2) is 2.74. The zero-order chi connectivity index (χ0) is 9.54. The van der Waals surface area contributed by atoms with Gasteiger partial charge in [0.2, 0.25) is 0 Å². The molecule has 0 atom stereocenters.